The smallest absolute Gasteiger partial charge is 0.326 e. The van der Waals surface area contributed by atoms with Crippen LogP contribution in [0.15, 0.2) is 5.11 Å². The molecule has 1 saturated heterocycles. The first kappa shape index (κ1) is 16.8. The van der Waals surface area contributed by atoms with E-state index in [0.717, 1.165) is 6.42 Å². The molecule has 1 fully saturated rings. The summed E-state index contributed by atoms with van der Waals surface area (Å²) in [5.74, 6) is -0.246. The highest BCUT2D eigenvalue weighted by Gasteiger charge is 2.48. The number of hydrogen-bond donors (Lipinski definition) is 1. The van der Waals surface area contributed by atoms with Crippen molar-refractivity contribution in [2.45, 2.75) is 50.7 Å². The van der Waals surface area contributed by atoms with Crippen molar-refractivity contribution >= 4 is 5.97 Å². The zero-order valence-corrected chi connectivity index (χ0v) is 12.5. The average molecular weight is 284 g/mol. The fraction of sp³-hybridized carbons (Fsp3) is 0.923. The average Bonchev–Trinajstić information content (AvgIpc) is 2.46. The second kappa shape index (κ2) is 7.47. The van der Waals surface area contributed by atoms with E-state index in [9.17, 15) is 4.79 Å². The number of carbonyl (C=O) groups is 1. The summed E-state index contributed by atoms with van der Waals surface area (Å²) in [6, 6.07) is 0. The number of hydrogen-bond acceptors (Lipinski definition) is 5. The molecule has 1 heterocycles. The zero-order valence-electron chi connectivity index (χ0n) is 12.5. The van der Waals surface area contributed by atoms with Crippen LogP contribution in [-0.2, 0) is 14.3 Å². The van der Waals surface area contributed by atoms with Gasteiger partial charge in [0.2, 0.25) is 0 Å². The fourth-order valence-corrected chi connectivity index (χ4v) is 2.59. The summed E-state index contributed by atoms with van der Waals surface area (Å²) in [6.45, 7) is 5.62. The van der Waals surface area contributed by atoms with Crippen LogP contribution in [0.25, 0.3) is 10.4 Å². The predicted octanol–water partition coefficient (Wildman–Crippen LogP) is 2.17. The Morgan fingerprint density at radius 3 is 2.95 bits per heavy atom. The van der Waals surface area contributed by atoms with Gasteiger partial charge >= 0.3 is 5.97 Å². The molecule has 0 aromatic rings. The highest BCUT2D eigenvalue weighted by Crippen LogP contribution is 2.35. The number of carbonyl (C=O) groups excluding carboxylic acids is 1. The molecule has 1 aliphatic rings. The van der Waals surface area contributed by atoms with Crippen LogP contribution in [0, 0.1) is 0 Å². The summed E-state index contributed by atoms with van der Waals surface area (Å²) in [5.41, 5.74) is 7.22. The Labute approximate surface area is 119 Å². The minimum absolute atomic E-state index is 0.246. The SMILES string of the molecule is CCC1(C)CC(NCCCN=[N+]=[N-])(C(=O)OC)CCO1. The highest BCUT2D eigenvalue weighted by atomic mass is 16.5. The second-order valence-corrected chi connectivity index (χ2v) is 5.39. The molecule has 7 heteroatoms. The molecule has 1 N–H and O–H groups in total. The zero-order chi connectivity index (χ0) is 15.1. The third kappa shape index (κ3) is 4.10. The van der Waals surface area contributed by atoms with Gasteiger partial charge < -0.3 is 14.8 Å². The van der Waals surface area contributed by atoms with E-state index in [-0.39, 0.29) is 11.6 Å². The van der Waals surface area contributed by atoms with E-state index in [0.29, 0.717) is 39.0 Å². The normalized spacial score (nSPS) is 29.6. The van der Waals surface area contributed by atoms with Crippen molar-refractivity contribution in [2.75, 3.05) is 26.8 Å². The molecule has 2 atom stereocenters. The summed E-state index contributed by atoms with van der Waals surface area (Å²) in [4.78, 5) is 14.9. The van der Waals surface area contributed by atoms with E-state index in [1.807, 2.05) is 6.92 Å². The molecule has 1 rings (SSSR count). The lowest BCUT2D eigenvalue weighted by Gasteiger charge is -2.44. The molecular weight excluding hydrogens is 260 g/mol. The number of nitrogens with zero attached hydrogens (tertiary/aromatic N) is 3. The maximum atomic E-state index is 12.2. The molecular formula is C13H24N4O3. The molecule has 0 aromatic carbocycles. The van der Waals surface area contributed by atoms with Crippen LogP contribution in [0.4, 0.5) is 0 Å². The maximum Gasteiger partial charge on any atom is 0.326 e. The van der Waals surface area contributed by atoms with Gasteiger partial charge in [0.25, 0.3) is 0 Å². The van der Waals surface area contributed by atoms with Crippen molar-refractivity contribution in [3.63, 3.8) is 0 Å². The van der Waals surface area contributed by atoms with Crippen molar-refractivity contribution in [1.82, 2.24) is 5.32 Å². The van der Waals surface area contributed by atoms with Crippen molar-refractivity contribution in [3.05, 3.63) is 10.4 Å². The van der Waals surface area contributed by atoms with Gasteiger partial charge in [0.05, 0.1) is 12.7 Å². The van der Waals surface area contributed by atoms with Gasteiger partial charge in [0.1, 0.15) is 5.54 Å². The van der Waals surface area contributed by atoms with Gasteiger partial charge in [-0.25, -0.2) is 0 Å². The topological polar surface area (TPSA) is 96.3 Å². The first-order valence-corrected chi connectivity index (χ1v) is 7.00. The van der Waals surface area contributed by atoms with Crippen LogP contribution in [-0.4, -0.2) is 43.9 Å². The second-order valence-electron chi connectivity index (χ2n) is 5.39. The lowest BCUT2D eigenvalue weighted by molar-refractivity contribution is -0.163. The summed E-state index contributed by atoms with van der Waals surface area (Å²) in [6.07, 6.45) is 2.71. The standard InChI is InChI=1S/C13H24N4O3/c1-4-12(2)10-13(6-9-20-12,11(18)19-3)15-7-5-8-16-17-14/h15H,4-10H2,1-3H3. The van der Waals surface area contributed by atoms with Gasteiger partial charge in [0, 0.05) is 24.5 Å². The molecule has 2 unspecified atom stereocenters. The molecule has 0 saturated carbocycles. The van der Waals surface area contributed by atoms with E-state index in [1.54, 1.807) is 0 Å². The molecule has 114 valence electrons. The third-order valence-electron chi connectivity index (χ3n) is 3.94. The van der Waals surface area contributed by atoms with Crippen LogP contribution >= 0.6 is 0 Å². The Hall–Kier alpha value is -1.30. The first-order valence-electron chi connectivity index (χ1n) is 7.00. The van der Waals surface area contributed by atoms with Gasteiger partial charge in [-0.3, -0.25) is 4.79 Å². The number of methoxy groups -OCH3 is 1. The van der Waals surface area contributed by atoms with E-state index in [2.05, 4.69) is 22.3 Å². The van der Waals surface area contributed by atoms with Gasteiger partial charge in [-0.15, -0.1) is 0 Å². The predicted molar refractivity (Wildman–Crippen MR) is 75.3 cm³/mol. The van der Waals surface area contributed by atoms with Crippen molar-refractivity contribution in [2.24, 2.45) is 5.11 Å². The number of rotatable bonds is 7. The van der Waals surface area contributed by atoms with Crippen LogP contribution in [0.2, 0.25) is 0 Å². The highest BCUT2D eigenvalue weighted by molar-refractivity contribution is 5.81. The van der Waals surface area contributed by atoms with Crippen LogP contribution < -0.4 is 5.32 Å². The van der Waals surface area contributed by atoms with Crippen molar-refractivity contribution in [1.29, 1.82) is 0 Å². The van der Waals surface area contributed by atoms with Gasteiger partial charge in [-0.05, 0) is 38.3 Å². The van der Waals surface area contributed by atoms with Crippen LogP contribution in [0.1, 0.15) is 39.5 Å². The maximum absolute atomic E-state index is 12.2. The van der Waals surface area contributed by atoms with Crippen molar-refractivity contribution in [3.8, 4) is 0 Å². The Kier molecular flexibility index (Phi) is 6.26. The molecule has 0 aromatic heterocycles. The summed E-state index contributed by atoms with van der Waals surface area (Å²) in [5, 5.41) is 6.78. The van der Waals surface area contributed by atoms with Gasteiger partial charge in [0.15, 0.2) is 0 Å². The Bertz CT molecular complexity index is 384. The molecule has 0 bridgehead atoms. The Morgan fingerprint density at radius 1 is 1.60 bits per heavy atom. The van der Waals surface area contributed by atoms with E-state index in [1.165, 1.54) is 7.11 Å². The fourth-order valence-electron chi connectivity index (χ4n) is 2.59. The number of esters is 1. The molecule has 0 aliphatic carbocycles. The van der Waals surface area contributed by atoms with Gasteiger partial charge in [-0.2, -0.15) is 0 Å². The lowest BCUT2D eigenvalue weighted by atomic mass is 9.79. The molecule has 7 nitrogen and oxygen atoms in total. The summed E-state index contributed by atoms with van der Waals surface area (Å²) >= 11 is 0. The largest absolute Gasteiger partial charge is 0.468 e. The molecule has 0 spiro atoms. The summed E-state index contributed by atoms with van der Waals surface area (Å²) < 4.78 is 10.8. The molecule has 1 aliphatic heterocycles. The molecule has 0 radical (unpaired) electrons. The first-order chi connectivity index (χ1) is 9.52. The number of azide groups is 1. The third-order valence-corrected chi connectivity index (χ3v) is 3.94. The van der Waals surface area contributed by atoms with E-state index >= 15 is 0 Å². The Balaban J connectivity index is 2.71. The van der Waals surface area contributed by atoms with Crippen molar-refractivity contribution < 1.29 is 14.3 Å². The van der Waals surface area contributed by atoms with E-state index < -0.39 is 5.54 Å². The van der Waals surface area contributed by atoms with Gasteiger partial charge in [-0.1, -0.05) is 12.0 Å². The minimum Gasteiger partial charge on any atom is -0.468 e. The molecule has 0 amide bonds. The van der Waals surface area contributed by atoms with Crippen LogP contribution in [0.3, 0.4) is 0 Å². The minimum atomic E-state index is -0.700. The quantitative estimate of drug-likeness (QED) is 0.255. The molecule has 20 heavy (non-hydrogen) atoms. The number of ether oxygens (including phenoxy) is 2. The monoisotopic (exact) mass is 284 g/mol. The summed E-state index contributed by atoms with van der Waals surface area (Å²) in [7, 11) is 1.41. The number of nitrogens with one attached hydrogen (secondary N) is 1. The lowest BCUT2D eigenvalue weighted by Crippen LogP contribution is -2.60. The Morgan fingerprint density at radius 2 is 2.35 bits per heavy atom. The van der Waals surface area contributed by atoms with E-state index in [4.69, 9.17) is 15.0 Å². The van der Waals surface area contributed by atoms with Crippen LogP contribution in [0.5, 0.6) is 0 Å².